The smallest absolute Gasteiger partial charge is 0.255 e. The summed E-state index contributed by atoms with van der Waals surface area (Å²) in [5.41, 5.74) is 1.39. The number of benzene rings is 1. The normalized spacial score (nSPS) is 30.4. The number of carbonyl (C=O) groups is 3. The molecule has 0 bridgehead atoms. The molecule has 1 aromatic carbocycles. The lowest BCUT2D eigenvalue weighted by Gasteiger charge is -2.54. The van der Waals surface area contributed by atoms with E-state index in [0.29, 0.717) is 12.2 Å². The third kappa shape index (κ3) is 4.33. The largest absolute Gasteiger partial charge is 0.508 e. The Morgan fingerprint density at radius 3 is 2.44 bits per heavy atom. The van der Waals surface area contributed by atoms with E-state index in [0.717, 1.165) is 25.7 Å². The summed E-state index contributed by atoms with van der Waals surface area (Å²) in [7, 11) is 2.93. The first kappa shape index (κ1) is 28.8. The molecule has 11 nitrogen and oxygen atoms in total. The lowest BCUT2D eigenvalue weighted by Crippen LogP contribution is -2.70. The third-order valence-corrected chi connectivity index (χ3v) is 8.24. The minimum atomic E-state index is -2.94. The molecule has 7 N–H and O–H groups in total. The number of primary amides is 1. The van der Waals surface area contributed by atoms with Gasteiger partial charge in [0.05, 0.1) is 30.2 Å². The number of rotatable bonds is 9. The van der Waals surface area contributed by atoms with Crippen molar-refractivity contribution in [2.24, 2.45) is 17.6 Å². The lowest BCUT2D eigenvalue weighted by atomic mass is 9.54. The number of aliphatic hydroxyl groups excluding tert-OH is 3. The Labute approximate surface area is 226 Å². The maximum Gasteiger partial charge on any atom is 0.255 e. The molecular formula is C28H36N2O9. The minimum absolute atomic E-state index is 0.00838. The molecular weight excluding hydrogens is 508 g/mol. The average Bonchev–Trinajstić information content (AvgIpc) is 2.87. The van der Waals surface area contributed by atoms with Crippen LogP contribution in [0.5, 0.6) is 5.75 Å². The molecule has 1 amide bonds. The molecule has 39 heavy (non-hydrogen) atoms. The number of likely N-dealkylation sites (N-methyl/N-ethyl adjacent to an activating group) is 1. The molecule has 6 unspecified atom stereocenters. The molecule has 3 aliphatic carbocycles. The van der Waals surface area contributed by atoms with Gasteiger partial charge in [0.15, 0.2) is 11.4 Å². The maximum atomic E-state index is 14.1. The van der Waals surface area contributed by atoms with Crippen LogP contribution in [0.1, 0.15) is 49.7 Å². The van der Waals surface area contributed by atoms with Crippen LogP contribution in [-0.2, 0) is 19.1 Å². The van der Waals surface area contributed by atoms with Crippen LogP contribution in [0.15, 0.2) is 35.1 Å². The first-order chi connectivity index (χ1) is 18.4. The molecule has 3 aliphatic rings. The maximum absolute atomic E-state index is 14.1. The second-order valence-corrected chi connectivity index (χ2v) is 10.7. The number of ketones is 2. The Bertz CT molecular complexity index is 1250. The van der Waals surface area contributed by atoms with Gasteiger partial charge in [-0.2, -0.15) is 0 Å². The second kappa shape index (κ2) is 10.7. The summed E-state index contributed by atoms with van der Waals surface area (Å²) in [6.07, 6.45) is 2.19. The minimum Gasteiger partial charge on any atom is -0.508 e. The Kier molecular flexibility index (Phi) is 7.91. The van der Waals surface area contributed by atoms with Crippen LogP contribution in [0.2, 0.25) is 0 Å². The number of Topliss-reactive ketones (excluding diaryl/α,β-unsaturated/α-hetero) is 2. The zero-order chi connectivity index (χ0) is 28.8. The first-order valence-corrected chi connectivity index (χ1v) is 13.1. The molecule has 1 fully saturated rings. The van der Waals surface area contributed by atoms with E-state index in [9.17, 15) is 39.9 Å². The van der Waals surface area contributed by atoms with Crippen molar-refractivity contribution in [3.8, 4) is 5.75 Å². The van der Waals surface area contributed by atoms with Crippen molar-refractivity contribution in [3.63, 3.8) is 0 Å². The summed E-state index contributed by atoms with van der Waals surface area (Å²) in [5.74, 6) is -9.28. The van der Waals surface area contributed by atoms with Gasteiger partial charge in [0.1, 0.15) is 22.8 Å². The number of fused-ring (bicyclic) bond motifs is 3. The Balaban J connectivity index is 1.89. The number of aliphatic hydroxyl groups is 4. The number of aromatic hydroxyl groups is 1. The predicted octanol–water partition coefficient (Wildman–Crippen LogP) is 1.07. The Morgan fingerprint density at radius 1 is 1.13 bits per heavy atom. The summed E-state index contributed by atoms with van der Waals surface area (Å²) in [6, 6.07) is 3.12. The van der Waals surface area contributed by atoms with E-state index in [1.807, 2.05) is 0 Å². The average molecular weight is 545 g/mol. The quantitative estimate of drug-likeness (QED) is 0.194. The van der Waals surface area contributed by atoms with Crippen molar-refractivity contribution in [2.45, 2.75) is 56.3 Å². The molecule has 1 saturated carbocycles. The van der Waals surface area contributed by atoms with E-state index < -0.39 is 75.6 Å². The van der Waals surface area contributed by atoms with E-state index in [1.165, 1.54) is 25.1 Å². The van der Waals surface area contributed by atoms with Gasteiger partial charge in [0.25, 0.3) is 5.91 Å². The van der Waals surface area contributed by atoms with Crippen molar-refractivity contribution in [1.82, 2.24) is 4.90 Å². The van der Waals surface area contributed by atoms with Crippen molar-refractivity contribution in [3.05, 3.63) is 46.2 Å². The van der Waals surface area contributed by atoms with Crippen LogP contribution in [0.4, 0.5) is 0 Å². The molecule has 0 saturated heterocycles. The number of amides is 1. The highest BCUT2D eigenvalue weighted by Gasteiger charge is 2.68. The number of hydrogen-bond acceptors (Lipinski definition) is 10. The van der Waals surface area contributed by atoms with Gasteiger partial charge in [-0.25, -0.2) is 0 Å². The molecule has 0 aromatic heterocycles. The van der Waals surface area contributed by atoms with Gasteiger partial charge in [-0.3, -0.25) is 19.3 Å². The molecule has 0 aliphatic heterocycles. The molecule has 6 atom stereocenters. The fourth-order valence-corrected chi connectivity index (χ4v) is 6.43. The standard InChI is InChI=1S/C28H36N2O9/c1-4-5-6-7-11-39-12-14-13-9-8-10-15(31)16(13)22(32)18-17(14)23(33)20-21(30(2)3)24(34)19(27(29)37)26(36)28(20,38)25(18)35/h8-10,14,17,20-21,23,31-33,36,38H,4-7,11-12H2,1-3H3,(H2,29,37). The molecule has 11 heteroatoms. The van der Waals surface area contributed by atoms with Gasteiger partial charge in [0, 0.05) is 24.0 Å². The highest BCUT2D eigenvalue weighted by molar-refractivity contribution is 6.24. The fourth-order valence-electron chi connectivity index (χ4n) is 6.43. The summed E-state index contributed by atoms with van der Waals surface area (Å²) in [4.78, 5) is 40.8. The number of nitrogens with zero attached hydrogens (tertiary/aromatic N) is 1. The van der Waals surface area contributed by atoms with Crippen molar-refractivity contribution in [1.29, 1.82) is 0 Å². The lowest BCUT2D eigenvalue weighted by molar-refractivity contribution is -0.170. The SMILES string of the molecule is CCCCCCOCC1c2cccc(O)c2C(O)=C2C(=O)C3(O)C(O)=C(C(N)=O)C(=O)C(N(C)C)C3C(O)C21. The number of unbranched alkanes of at least 4 members (excludes halogenated alkanes) is 3. The van der Waals surface area contributed by atoms with E-state index in [1.54, 1.807) is 12.1 Å². The number of nitrogens with two attached hydrogens (primary N) is 1. The highest BCUT2D eigenvalue weighted by atomic mass is 16.5. The fraction of sp³-hybridized carbons (Fsp3) is 0.536. The second-order valence-electron chi connectivity index (χ2n) is 10.7. The molecule has 1 aromatic rings. The summed E-state index contributed by atoms with van der Waals surface area (Å²) < 4.78 is 5.94. The molecule has 0 spiro atoms. The molecule has 0 heterocycles. The van der Waals surface area contributed by atoms with Crippen molar-refractivity contribution >= 4 is 23.2 Å². The van der Waals surface area contributed by atoms with Gasteiger partial charge >= 0.3 is 0 Å². The van der Waals surface area contributed by atoms with Gasteiger partial charge in [-0.1, -0.05) is 38.3 Å². The summed E-state index contributed by atoms with van der Waals surface area (Å²) in [5, 5.41) is 56.5. The van der Waals surface area contributed by atoms with Crippen LogP contribution in [-0.4, -0.2) is 93.0 Å². The molecule has 4 rings (SSSR count). The van der Waals surface area contributed by atoms with Crippen LogP contribution < -0.4 is 5.73 Å². The Morgan fingerprint density at radius 2 is 1.82 bits per heavy atom. The number of phenolic OH excluding ortho intramolecular Hbond substituents is 1. The van der Waals surface area contributed by atoms with E-state index >= 15 is 0 Å². The van der Waals surface area contributed by atoms with Crippen LogP contribution in [0.3, 0.4) is 0 Å². The van der Waals surface area contributed by atoms with E-state index in [-0.39, 0.29) is 17.9 Å². The monoisotopic (exact) mass is 544 g/mol. The van der Waals surface area contributed by atoms with Crippen molar-refractivity contribution in [2.75, 3.05) is 27.3 Å². The van der Waals surface area contributed by atoms with Crippen LogP contribution in [0, 0.1) is 11.8 Å². The first-order valence-electron chi connectivity index (χ1n) is 13.1. The predicted molar refractivity (Wildman–Crippen MR) is 140 cm³/mol. The van der Waals surface area contributed by atoms with Gasteiger partial charge in [-0.15, -0.1) is 0 Å². The number of phenols is 1. The van der Waals surface area contributed by atoms with Gasteiger partial charge in [0.2, 0.25) is 5.78 Å². The number of hydrogen-bond donors (Lipinski definition) is 6. The zero-order valence-electron chi connectivity index (χ0n) is 22.3. The van der Waals surface area contributed by atoms with Crippen LogP contribution in [0.25, 0.3) is 5.76 Å². The van der Waals surface area contributed by atoms with E-state index in [2.05, 4.69) is 6.92 Å². The van der Waals surface area contributed by atoms with Gasteiger partial charge in [-0.05, 0) is 32.1 Å². The van der Waals surface area contributed by atoms with Crippen LogP contribution >= 0.6 is 0 Å². The molecule has 212 valence electrons. The van der Waals surface area contributed by atoms with E-state index in [4.69, 9.17) is 10.5 Å². The number of ether oxygens (including phenoxy) is 1. The summed E-state index contributed by atoms with van der Waals surface area (Å²) in [6.45, 7) is 2.50. The molecule has 0 radical (unpaired) electrons. The van der Waals surface area contributed by atoms with Gasteiger partial charge < -0.3 is 36.0 Å². The number of carbonyl (C=O) groups excluding carboxylic acids is 3. The highest BCUT2D eigenvalue weighted by Crippen LogP contribution is 2.56. The van der Waals surface area contributed by atoms with Crippen molar-refractivity contribution < 1.29 is 44.7 Å². The Hall–Kier alpha value is -3.25. The third-order valence-electron chi connectivity index (χ3n) is 8.24. The summed E-state index contributed by atoms with van der Waals surface area (Å²) >= 11 is 0. The topological polar surface area (TPSA) is 191 Å². The zero-order valence-corrected chi connectivity index (χ0v) is 22.3.